The van der Waals surface area contributed by atoms with E-state index in [2.05, 4.69) is 48.9 Å². The Bertz CT molecular complexity index is 2320. The number of piperidine rings is 2. The largest absolute Gasteiger partial charge is 0.489 e. The van der Waals surface area contributed by atoms with Crippen LogP contribution in [0.15, 0.2) is 42.5 Å². The van der Waals surface area contributed by atoms with Gasteiger partial charge in [0.1, 0.15) is 35.6 Å². The molecular weight excluding hydrogens is 787 g/mol. The van der Waals surface area contributed by atoms with Crippen LogP contribution >= 0.6 is 11.6 Å². The Morgan fingerprint density at radius 3 is 2.27 bits per heavy atom. The molecule has 60 heavy (non-hydrogen) atoms. The molecule has 1 unspecified atom stereocenters. The van der Waals surface area contributed by atoms with Gasteiger partial charge in [0.05, 0.1) is 34.1 Å². The van der Waals surface area contributed by atoms with Crippen LogP contribution in [0.1, 0.15) is 90.9 Å². The second kappa shape index (κ2) is 15.0. The fourth-order valence-electron chi connectivity index (χ4n) is 11.3. The number of nitrogens with one attached hydrogen (secondary N) is 1. The van der Waals surface area contributed by atoms with Crippen molar-refractivity contribution in [1.82, 2.24) is 25.0 Å². The van der Waals surface area contributed by atoms with Gasteiger partial charge >= 0.3 is 0 Å². The summed E-state index contributed by atoms with van der Waals surface area (Å²) in [5.41, 5.74) is 2.54. The number of piperazine rings is 1. The molecule has 1 atom stereocenters. The number of nitrogens with zero attached hydrogens (tertiary/aromatic N) is 7. The first-order valence-corrected chi connectivity index (χ1v) is 21.4. The van der Waals surface area contributed by atoms with E-state index in [1.165, 1.54) is 11.0 Å². The van der Waals surface area contributed by atoms with Gasteiger partial charge in [-0.15, -0.1) is 0 Å². The van der Waals surface area contributed by atoms with Crippen LogP contribution in [0, 0.1) is 33.9 Å². The molecule has 1 N–H and O–H groups in total. The number of amides is 4. The lowest BCUT2D eigenvalue weighted by molar-refractivity contribution is -0.199. The Labute approximate surface area is 354 Å². The molecule has 6 aliphatic rings. The van der Waals surface area contributed by atoms with E-state index in [0.29, 0.717) is 64.3 Å². The highest BCUT2D eigenvalue weighted by atomic mass is 35.5. The Balaban J connectivity index is 0.769. The fraction of sp³-hybridized carbons (Fsp3) is 0.511. The molecule has 4 amide bonds. The molecule has 1 saturated carbocycles. The molecule has 0 bridgehead atoms. The molecule has 1 aromatic heterocycles. The van der Waals surface area contributed by atoms with E-state index in [0.717, 1.165) is 57.1 Å². The average Bonchev–Trinajstić information content (AvgIpc) is 3.70. The van der Waals surface area contributed by atoms with Crippen LogP contribution in [-0.4, -0.2) is 107 Å². The fourth-order valence-corrected chi connectivity index (χ4v) is 11.5. The predicted octanol–water partition coefficient (Wildman–Crippen LogP) is 5.38. The molecule has 2 aromatic carbocycles. The smallest absolute Gasteiger partial charge is 0.256 e. The van der Waals surface area contributed by atoms with Crippen LogP contribution in [0.25, 0.3) is 0 Å². The lowest BCUT2D eigenvalue weighted by Gasteiger charge is -2.65. The van der Waals surface area contributed by atoms with Crippen molar-refractivity contribution >= 4 is 46.7 Å². The van der Waals surface area contributed by atoms with E-state index in [1.54, 1.807) is 24.3 Å². The number of carbonyl (C=O) groups excluding carboxylic acids is 4. The molecule has 5 aliphatic heterocycles. The van der Waals surface area contributed by atoms with Gasteiger partial charge in [0.15, 0.2) is 0 Å². The first-order valence-electron chi connectivity index (χ1n) is 21.0. The van der Waals surface area contributed by atoms with E-state index in [4.69, 9.17) is 21.3 Å². The maximum absolute atomic E-state index is 15.5. The van der Waals surface area contributed by atoms with Gasteiger partial charge in [0.2, 0.25) is 11.8 Å². The molecule has 15 heteroatoms. The third kappa shape index (κ3) is 6.83. The van der Waals surface area contributed by atoms with Crippen LogP contribution in [0.3, 0.4) is 0 Å². The average molecular weight is 837 g/mol. The highest BCUT2D eigenvalue weighted by Gasteiger charge is 2.67. The van der Waals surface area contributed by atoms with Crippen molar-refractivity contribution in [3.63, 3.8) is 0 Å². The van der Waals surface area contributed by atoms with Gasteiger partial charge < -0.3 is 24.3 Å². The molecule has 0 radical (unpaired) electrons. The van der Waals surface area contributed by atoms with Gasteiger partial charge in [-0.2, -0.15) is 5.26 Å². The lowest BCUT2D eigenvalue weighted by Crippen LogP contribution is -2.74. The molecule has 4 fully saturated rings. The van der Waals surface area contributed by atoms with Crippen molar-refractivity contribution < 1.29 is 28.3 Å². The van der Waals surface area contributed by atoms with Crippen molar-refractivity contribution in [2.75, 3.05) is 55.6 Å². The zero-order valence-electron chi connectivity index (χ0n) is 34.5. The number of imide groups is 1. The molecule has 314 valence electrons. The summed E-state index contributed by atoms with van der Waals surface area (Å²) in [7, 11) is 0. The highest BCUT2D eigenvalue weighted by molar-refractivity contribution is 6.31. The third-order valence-corrected chi connectivity index (χ3v) is 14.2. The number of carbonyl (C=O) groups is 4. The van der Waals surface area contributed by atoms with Crippen LogP contribution in [0.2, 0.25) is 5.02 Å². The third-order valence-electron chi connectivity index (χ3n) is 13.9. The van der Waals surface area contributed by atoms with Crippen LogP contribution in [0.5, 0.6) is 5.75 Å². The zero-order valence-corrected chi connectivity index (χ0v) is 35.2. The van der Waals surface area contributed by atoms with Crippen molar-refractivity contribution in [2.24, 2.45) is 16.7 Å². The highest BCUT2D eigenvalue weighted by Crippen LogP contribution is 2.59. The Kier molecular flexibility index (Phi) is 10.1. The molecule has 3 saturated heterocycles. The van der Waals surface area contributed by atoms with Gasteiger partial charge in [-0.25, -0.2) is 9.37 Å². The van der Waals surface area contributed by atoms with E-state index in [1.807, 2.05) is 21.9 Å². The van der Waals surface area contributed by atoms with Gasteiger partial charge in [0, 0.05) is 87.3 Å². The van der Waals surface area contributed by atoms with Gasteiger partial charge in [-0.3, -0.25) is 29.4 Å². The van der Waals surface area contributed by atoms with Crippen molar-refractivity contribution in [3.05, 3.63) is 81.3 Å². The Morgan fingerprint density at radius 1 is 0.867 bits per heavy atom. The number of aromatic nitrogens is 1. The molecule has 13 nitrogen and oxygen atoms in total. The Morgan fingerprint density at radius 2 is 1.58 bits per heavy atom. The first-order chi connectivity index (χ1) is 28.6. The molecule has 6 heterocycles. The summed E-state index contributed by atoms with van der Waals surface area (Å²) in [6.45, 7) is 14.7. The molecule has 9 rings (SSSR count). The Hall–Kier alpha value is -5.26. The normalized spacial score (nSPS) is 25.2. The number of benzene rings is 2. The summed E-state index contributed by atoms with van der Waals surface area (Å²) in [5.74, 6) is 0.529. The number of ether oxygens (including phenoxy) is 1. The van der Waals surface area contributed by atoms with E-state index < -0.39 is 11.9 Å². The lowest BCUT2D eigenvalue weighted by atomic mass is 9.49. The monoisotopic (exact) mass is 836 g/mol. The van der Waals surface area contributed by atoms with Crippen molar-refractivity contribution in [2.45, 2.75) is 84.7 Å². The van der Waals surface area contributed by atoms with Crippen molar-refractivity contribution in [3.8, 4) is 11.8 Å². The maximum Gasteiger partial charge on any atom is 0.256 e. The number of anilines is 2. The minimum absolute atomic E-state index is 0.00213. The molecule has 1 aliphatic carbocycles. The quantitative estimate of drug-likeness (QED) is 0.294. The SMILES string of the molecule is CC1(C)[C@H](Oc2ccc(C#N)c(Cl)c2)C(C)(C)[C@H]1N1Cc2nc(N3CCC(CN4CCN(c5cc6c(cc5F)CN(C5CCC(=O)NC5=O)C6=O)CC4)CC3)ccc2C1=O. The van der Waals surface area contributed by atoms with E-state index in [-0.39, 0.29) is 65.9 Å². The van der Waals surface area contributed by atoms with Gasteiger partial charge in [0.25, 0.3) is 11.8 Å². The second-order valence-electron chi connectivity index (χ2n) is 18.5. The number of hydrogen-bond donors (Lipinski definition) is 1. The van der Waals surface area contributed by atoms with E-state index in [9.17, 15) is 24.4 Å². The number of pyridine rings is 1. The molecular formula is C45H50ClFN8O5. The number of halogens is 2. The van der Waals surface area contributed by atoms with Gasteiger partial charge in [-0.1, -0.05) is 39.3 Å². The summed E-state index contributed by atoms with van der Waals surface area (Å²) in [6, 6.07) is 13.4. The number of hydrogen-bond acceptors (Lipinski definition) is 10. The van der Waals surface area contributed by atoms with Crippen LogP contribution < -0.4 is 19.9 Å². The second-order valence-corrected chi connectivity index (χ2v) is 18.9. The predicted molar refractivity (Wildman–Crippen MR) is 222 cm³/mol. The maximum atomic E-state index is 15.5. The van der Waals surface area contributed by atoms with Crippen molar-refractivity contribution in [1.29, 1.82) is 5.26 Å². The summed E-state index contributed by atoms with van der Waals surface area (Å²) in [4.78, 5) is 66.6. The number of fused-ring (bicyclic) bond motifs is 2. The summed E-state index contributed by atoms with van der Waals surface area (Å²) in [5, 5.41) is 11.9. The standard InChI is InChI=1S/C45H50ClFN8O5/c1-44(2)42(45(3,4)43(44)60-29-6-5-27(22-48)32(46)20-29)55-25-34-30(40(55)58)7-9-37(49-34)53-13-11-26(12-14-53)23-51-15-17-52(18-16-51)36-21-31-28(19-33(36)47)24-54(41(31)59)35-8-10-38(56)50-39(35)57/h5-7,9,19-21,26,35,42-43H,8,10-18,23-25H2,1-4H3,(H,50,56,57)/t35?,42-,43-. The van der Waals surface area contributed by atoms with E-state index >= 15 is 4.39 Å². The van der Waals surface area contributed by atoms with Gasteiger partial charge in [-0.05, 0) is 67.1 Å². The minimum atomic E-state index is -0.733. The van der Waals surface area contributed by atoms with Crippen LogP contribution in [-0.2, 0) is 22.7 Å². The molecule has 3 aromatic rings. The zero-order chi connectivity index (χ0) is 42.2. The van der Waals surface area contributed by atoms with Crippen LogP contribution in [0.4, 0.5) is 15.9 Å². The minimum Gasteiger partial charge on any atom is -0.489 e. The number of nitriles is 1. The summed E-state index contributed by atoms with van der Waals surface area (Å²) >= 11 is 6.30. The summed E-state index contributed by atoms with van der Waals surface area (Å²) < 4.78 is 22.0. The number of rotatable bonds is 8. The summed E-state index contributed by atoms with van der Waals surface area (Å²) in [6.07, 6.45) is 2.29. The first kappa shape index (κ1) is 40.2. The topological polar surface area (TPSA) is 142 Å². The molecule has 0 spiro atoms.